The van der Waals surface area contributed by atoms with Gasteiger partial charge in [-0.15, -0.1) is 0 Å². The van der Waals surface area contributed by atoms with Crippen LogP contribution in [0.3, 0.4) is 0 Å². The fourth-order valence-electron chi connectivity index (χ4n) is 5.83. The number of allylic oxidation sites excluding steroid dienone is 4. The molecule has 4 rings (SSSR count). The van der Waals surface area contributed by atoms with Crippen LogP contribution < -0.4 is 15.4 Å². The van der Waals surface area contributed by atoms with Gasteiger partial charge < -0.3 is 20.5 Å². The minimum absolute atomic E-state index is 0.0964. The third-order valence-electron chi connectivity index (χ3n) is 7.02. The van der Waals surface area contributed by atoms with Crippen molar-refractivity contribution < 1.29 is 14.6 Å². The van der Waals surface area contributed by atoms with Gasteiger partial charge in [-0.2, -0.15) is 0 Å². The van der Waals surface area contributed by atoms with Crippen LogP contribution in [0.5, 0.6) is 0 Å². The Kier molecular flexibility index (Phi) is 6.35. The highest BCUT2D eigenvalue weighted by Gasteiger charge is 2.50. The first-order chi connectivity index (χ1) is 13.6. The fraction of sp³-hybridized carbons (Fsp3) is 0.762. The van der Waals surface area contributed by atoms with Crippen LogP contribution in [0.25, 0.3) is 0 Å². The topological polar surface area (TPSA) is 82.6 Å². The van der Waals surface area contributed by atoms with Gasteiger partial charge >= 0.3 is 5.97 Å². The smallest absolute Gasteiger partial charge is 0.323 e. The molecule has 0 aromatic carbocycles. The Morgan fingerprint density at radius 1 is 1.32 bits per heavy atom. The summed E-state index contributed by atoms with van der Waals surface area (Å²) < 4.78 is 8.51. The van der Waals surface area contributed by atoms with Crippen molar-refractivity contribution in [1.82, 2.24) is 15.4 Å². The second kappa shape index (κ2) is 8.78. The maximum Gasteiger partial charge on any atom is 0.323 e. The largest absolute Gasteiger partial charge is 0.465 e. The van der Waals surface area contributed by atoms with Gasteiger partial charge in [-0.25, -0.2) is 0 Å². The van der Waals surface area contributed by atoms with Gasteiger partial charge in [0.15, 0.2) is 0 Å². The number of aliphatic hydroxyl groups is 1. The first kappa shape index (κ1) is 20.3. The van der Waals surface area contributed by atoms with Crippen molar-refractivity contribution in [3.8, 4) is 0 Å². The first-order valence-corrected chi connectivity index (χ1v) is 11.6. The number of esters is 1. The maximum absolute atomic E-state index is 12.5. The Bertz CT molecular complexity index is 653. The highest BCUT2D eigenvalue weighted by atomic mass is 32.2. The number of ether oxygens (including phenoxy) is 1. The molecule has 0 aromatic heterocycles. The third kappa shape index (κ3) is 3.86. The van der Waals surface area contributed by atoms with E-state index in [1.165, 1.54) is 24.2 Å². The molecule has 2 heterocycles. The molecule has 0 aromatic rings. The zero-order chi connectivity index (χ0) is 19.7. The first-order valence-electron chi connectivity index (χ1n) is 10.7. The van der Waals surface area contributed by atoms with Crippen molar-refractivity contribution in [3.63, 3.8) is 0 Å². The van der Waals surface area contributed by atoms with Gasteiger partial charge in [0.25, 0.3) is 0 Å². The molecule has 0 spiro atoms. The molecular formula is C21H33N3O3S. The van der Waals surface area contributed by atoms with Crippen LogP contribution in [0.4, 0.5) is 0 Å². The molecule has 4 N–H and O–H groups in total. The normalized spacial score (nSPS) is 39.5. The summed E-state index contributed by atoms with van der Waals surface area (Å²) in [6.45, 7) is 2.30. The highest BCUT2D eigenvalue weighted by molar-refractivity contribution is 8.01. The van der Waals surface area contributed by atoms with Gasteiger partial charge in [-0.3, -0.25) is 9.52 Å². The standard InChI is InChI=1S/C21H33N3O3S/c1-3-27-21(26)19-14-7-5-4-6-13(14)18(23-19)11-16-15-10-12(28-22-2)8-9-17(15)24-20(16)25/h8-9,13-16,18-20,22-25H,3-7,10-11H2,1-2H3. The number of aliphatic hydroxyl groups excluding tert-OH is 1. The van der Waals surface area contributed by atoms with Crippen molar-refractivity contribution >= 4 is 17.9 Å². The van der Waals surface area contributed by atoms with Crippen LogP contribution in [0.1, 0.15) is 45.4 Å². The SMILES string of the molecule is CCOC(=O)C1NC(CC2C(O)NC3=CC=C(SNC)CC32)C2CCCCC12. The van der Waals surface area contributed by atoms with Gasteiger partial charge in [0.1, 0.15) is 12.3 Å². The minimum Gasteiger partial charge on any atom is -0.465 e. The van der Waals surface area contributed by atoms with Crippen molar-refractivity contribution in [2.75, 3.05) is 13.7 Å². The fourth-order valence-corrected chi connectivity index (χ4v) is 6.49. The van der Waals surface area contributed by atoms with Crippen molar-refractivity contribution in [2.45, 2.75) is 63.8 Å². The maximum atomic E-state index is 12.5. The molecule has 7 heteroatoms. The van der Waals surface area contributed by atoms with Crippen LogP contribution in [0.15, 0.2) is 22.8 Å². The van der Waals surface area contributed by atoms with E-state index in [1.807, 2.05) is 14.0 Å². The van der Waals surface area contributed by atoms with Gasteiger partial charge in [-0.05, 0) is 75.6 Å². The predicted octanol–water partition coefficient (Wildman–Crippen LogP) is 2.28. The molecule has 6 nitrogen and oxygen atoms in total. The number of carbonyl (C=O) groups excluding carboxylic acids is 1. The zero-order valence-corrected chi connectivity index (χ0v) is 17.6. The van der Waals surface area contributed by atoms with Gasteiger partial charge in [0.05, 0.1) is 6.61 Å². The van der Waals surface area contributed by atoms with Gasteiger partial charge in [-0.1, -0.05) is 12.8 Å². The summed E-state index contributed by atoms with van der Waals surface area (Å²) in [5.74, 6) is 1.27. The number of hydrogen-bond donors (Lipinski definition) is 4. The molecule has 2 aliphatic carbocycles. The van der Waals surface area contributed by atoms with Crippen molar-refractivity contribution in [1.29, 1.82) is 0 Å². The quantitative estimate of drug-likeness (QED) is 0.397. The second-order valence-electron chi connectivity index (χ2n) is 8.48. The summed E-state index contributed by atoms with van der Waals surface area (Å²) in [4.78, 5) is 13.8. The van der Waals surface area contributed by atoms with E-state index in [9.17, 15) is 9.90 Å². The Balaban J connectivity index is 1.47. The van der Waals surface area contributed by atoms with Crippen LogP contribution in [0, 0.1) is 23.7 Å². The molecule has 28 heavy (non-hydrogen) atoms. The summed E-state index contributed by atoms with van der Waals surface area (Å²) >= 11 is 1.66. The molecule has 3 fully saturated rings. The van der Waals surface area contributed by atoms with E-state index in [0.717, 1.165) is 25.0 Å². The Labute approximate surface area is 172 Å². The molecule has 0 radical (unpaired) electrons. The second-order valence-corrected chi connectivity index (χ2v) is 9.61. The molecule has 1 saturated carbocycles. The lowest BCUT2D eigenvalue weighted by atomic mass is 9.73. The van der Waals surface area contributed by atoms with Gasteiger partial charge in [0.2, 0.25) is 0 Å². The Morgan fingerprint density at radius 3 is 2.86 bits per heavy atom. The summed E-state index contributed by atoms with van der Waals surface area (Å²) in [7, 11) is 1.94. The van der Waals surface area contributed by atoms with Crippen LogP contribution in [0.2, 0.25) is 0 Å². The van der Waals surface area contributed by atoms with E-state index in [2.05, 4.69) is 27.5 Å². The molecule has 0 bridgehead atoms. The number of carbonyl (C=O) groups is 1. The number of hydrogen-bond acceptors (Lipinski definition) is 7. The predicted molar refractivity (Wildman–Crippen MR) is 111 cm³/mol. The molecule has 156 valence electrons. The number of fused-ring (bicyclic) bond motifs is 2. The monoisotopic (exact) mass is 407 g/mol. The average Bonchev–Trinajstić information content (AvgIpc) is 3.21. The number of rotatable bonds is 6. The highest BCUT2D eigenvalue weighted by Crippen LogP contribution is 2.46. The molecule has 2 saturated heterocycles. The molecular weight excluding hydrogens is 374 g/mol. The molecule has 4 aliphatic rings. The van der Waals surface area contributed by atoms with E-state index >= 15 is 0 Å². The van der Waals surface area contributed by atoms with Crippen LogP contribution in [-0.4, -0.2) is 43.0 Å². The lowest BCUT2D eigenvalue weighted by Crippen LogP contribution is -2.41. The Hall–Kier alpha value is -1.02. The summed E-state index contributed by atoms with van der Waals surface area (Å²) in [5, 5.41) is 17.7. The van der Waals surface area contributed by atoms with Crippen LogP contribution >= 0.6 is 11.9 Å². The molecule has 0 amide bonds. The molecule has 7 atom stereocenters. The van der Waals surface area contributed by atoms with E-state index in [-0.39, 0.29) is 24.0 Å². The summed E-state index contributed by atoms with van der Waals surface area (Å²) in [5.41, 5.74) is 1.15. The van der Waals surface area contributed by atoms with Crippen molar-refractivity contribution in [2.24, 2.45) is 23.7 Å². The minimum atomic E-state index is -0.519. The average molecular weight is 408 g/mol. The third-order valence-corrected chi connectivity index (χ3v) is 7.79. The van der Waals surface area contributed by atoms with Crippen LogP contribution in [-0.2, 0) is 9.53 Å². The molecule has 2 aliphatic heterocycles. The van der Waals surface area contributed by atoms with E-state index in [0.29, 0.717) is 24.4 Å². The molecule has 7 unspecified atom stereocenters. The van der Waals surface area contributed by atoms with Gasteiger partial charge in [0, 0.05) is 28.5 Å². The van der Waals surface area contributed by atoms with Crippen molar-refractivity contribution in [3.05, 3.63) is 22.8 Å². The zero-order valence-electron chi connectivity index (χ0n) is 16.8. The summed E-state index contributed by atoms with van der Waals surface area (Å²) in [6, 6.07) is 0.0882. The summed E-state index contributed by atoms with van der Waals surface area (Å²) in [6.07, 6.45) is 10.3. The van der Waals surface area contributed by atoms with E-state index < -0.39 is 6.23 Å². The lowest BCUT2D eigenvalue weighted by molar-refractivity contribution is -0.146. The number of nitrogens with one attached hydrogen (secondary N) is 3. The van der Waals surface area contributed by atoms with E-state index in [4.69, 9.17) is 4.74 Å². The van der Waals surface area contributed by atoms with E-state index in [1.54, 1.807) is 11.9 Å². The lowest BCUT2D eigenvalue weighted by Gasteiger charge is -2.32. The Morgan fingerprint density at radius 2 is 2.11 bits per heavy atom.